The molecule has 1 atom stereocenters. The third-order valence-corrected chi connectivity index (χ3v) is 4.15. The molecule has 3 aromatic rings. The molecule has 1 heterocycles. The van der Waals surface area contributed by atoms with Gasteiger partial charge in [-0.1, -0.05) is 41.4 Å². The third-order valence-electron chi connectivity index (χ3n) is 3.59. The minimum Gasteiger partial charge on any atom is -0.507 e. The van der Waals surface area contributed by atoms with Crippen molar-refractivity contribution >= 4 is 23.2 Å². The number of aromatic hydroxyl groups is 1. The van der Waals surface area contributed by atoms with Crippen molar-refractivity contribution in [3.8, 4) is 17.2 Å². The fourth-order valence-corrected chi connectivity index (χ4v) is 2.86. The first-order valence-corrected chi connectivity index (χ1v) is 8.09. The molecule has 0 saturated carbocycles. The van der Waals surface area contributed by atoms with Gasteiger partial charge in [-0.25, -0.2) is 0 Å². The lowest BCUT2D eigenvalue weighted by Crippen LogP contribution is -2.18. The molecular formula is C17H15Cl2N3O2. The maximum atomic E-state index is 9.82. The number of phenols is 1. The van der Waals surface area contributed by atoms with Crippen LogP contribution in [-0.4, -0.2) is 15.3 Å². The minimum absolute atomic E-state index is 0.0183. The Morgan fingerprint density at radius 2 is 1.96 bits per heavy atom. The number of para-hydroxylation sites is 1. The topological polar surface area (TPSA) is 71.2 Å². The smallest absolute Gasteiger partial charge is 0.251 e. The average Bonchev–Trinajstić information content (AvgIpc) is 3.02. The van der Waals surface area contributed by atoms with Gasteiger partial charge in [0.2, 0.25) is 5.89 Å². The number of nitrogens with zero attached hydrogens (tertiary/aromatic N) is 2. The molecule has 24 heavy (non-hydrogen) atoms. The van der Waals surface area contributed by atoms with E-state index in [0.29, 0.717) is 28.0 Å². The molecule has 5 nitrogen and oxygen atoms in total. The van der Waals surface area contributed by atoms with Crippen LogP contribution in [0.15, 0.2) is 46.9 Å². The van der Waals surface area contributed by atoms with E-state index in [9.17, 15) is 5.11 Å². The quantitative estimate of drug-likeness (QED) is 0.692. The van der Waals surface area contributed by atoms with Crippen molar-refractivity contribution in [3.05, 3.63) is 64.0 Å². The predicted molar refractivity (Wildman–Crippen MR) is 93.1 cm³/mol. The molecule has 0 unspecified atom stereocenters. The first kappa shape index (κ1) is 16.8. The van der Waals surface area contributed by atoms with Gasteiger partial charge >= 0.3 is 0 Å². The summed E-state index contributed by atoms with van der Waals surface area (Å²) in [5, 5.41) is 22.2. The van der Waals surface area contributed by atoms with Crippen molar-refractivity contribution in [1.82, 2.24) is 15.5 Å². The summed E-state index contributed by atoms with van der Waals surface area (Å²) in [6.45, 7) is 2.36. The Balaban J connectivity index is 1.68. The van der Waals surface area contributed by atoms with E-state index in [-0.39, 0.29) is 17.7 Å². The van der Waals surface area contributed by atoms with Crippen LogP contribution < -0.4 is 5.32 Å². The molecule has 0 aliphatic heterocycles. The standard InChI is InChI=1S/C17H15Cl2N3O2/c1-10(12-7-6-11(18)8-14(12)19)20-9-16-21-22-17(24-16)13-4-2-3-5-15(13)23/h2-8,10,20,23H,9H2,1H3/t10-/m0/s1. The molecule has 0 fully saturated rings. The number of hydrogen-bond acceptors (Lipinski definition) is 5. The Morgan fingerprint density at radius 3 is 2.71 bits per heavy atom. The number of halogens is 2. The summed E-state index contributed by atoms with van der Waals surface area (Å²) < 4.78 is 5.59. The van der Waals surface area contributed by atoms with Gasteiger partial charge in [0.15, 0.2) is 0 Å². The summed E-state index contributed by atoms with van der Waals surface area (Å²) in [7, 11) is 0. The highest BCUT2D eigenvalue weighted by Gasteiger charge is 2.14. The molecule has 1 aromatic heterocycles. The van der Waals surface area contributed by atoms with Gasteiger partial charge in [-0.05, 0) is 36.8 Å². The molecule has 7 heteroatoms. The zero-order valence-electron chi connectivity index (χ0n) is 12.8. The largest absolute Gasteiger partial charge is 0.507 e. The fraction of sp³-hybridized carbons (Fsp3) is 0.176. The van der Waals surface area contributed by atoms with Gasteiger partial charge in [-0.3, -0.25) is 0 Å². The van der Waals surface area contributed by atoms with E-state index in [2.05, 4.69) is 15.5 Å². The number of hydrogen-bond donors (Lipinski definition) is 2. The molecule has 3 rings (SSSR count). The first-order valence-electron chi connectivity index (χ1n) is 7.33. The van der Waals surface area contributed by atoms with Crippen LogP contribution in [0.5, 0.6) is 5.75 Å². The molecule has 0 radical (unpaired) electrons. The van der Waals surface area contributed by atoms with E-state index >= 15 is 0 Å². The first-order chi connectivity index (χ1) is 11.5. The van der Waals surface area contributed by atoms with Crippen molar-refractivity contribution in [3.63, 3.8) is 0 Å². The molecule has 124 valence electrons. The SMILES string of the molecule is C[C@H](NCc1nnc(-c2ccccc2O)o1)c1ccc(Cl)cc1Cl. The monoisotopic (exact) mass is 363 g/mol. The molecule has 0 bridgehead atoms. The summed E-state index contributed by atoms with van der Waals surface area (Å²) >= 11 is 12.1. The molecule has 0 spiro atoms. The van der Waals surface area contributed by atoms with Crippen molar-refractivity contribution in [2.45, 2.75) is 19.5 Å². The number of phenolic OH excluding ortho intramolecular Hbond substituents is 1. The van der Waals surface area contributed by atoms with E-state index in [1.54, 1.807) is 36.4 Å². The normalized spacial score (nSPS) is 12.3. The van der Waals surface area contributed by atoms with E-state index in [0.717, 1.165) is 5.56 Å². The second-order valence-corrected chi connectivity index (χ2v) is 6.13. The molecule has 2 N–H and O–H groups in total. The molecule has 0 saturated heterocycles. The van der Waals surface area contributed by atoms with Crippen LogP contribution in [0.25, 0.3) is 11.5 Å². The van der Waals surface area contributed by atoms with Gasteiger partial charge in [-0.15, -0.1) is 10.2 Å². The Labute approximate surface area is 149 Å². The predicted octanol–water partition coefficient (Wildman–Crippen LogP) is 4.60. The van der Waals surface area contributed by atoms with Crippen LogP contribution in [0, 0.1) is 0 Å². The van der Waals surface area contributed by atoms with Crippen molar-refractivity contribution in [1.29, 1.82) is 0 Å². The Hall–Kier alpha value is -2.08. The summed E-state index contributed by atoms with van der Waals surface area (Å²) in [5.74, 6) is 0.800. The lowest BCUT2D eigenvalue weighted by molar-refractivity contribution is 0.447. The minimum atomic E-state index is -0.0183. The molecule has 0 aliphatic rings. The van der Waals surface area contributed by atoms with Crippen molar-refractivity contribution < 1.29 is 9.52 Å². The number of nitrogens with one attached hydrogen (secondary N) is 1. The second-order valence-electron chi connectivity index (χ2n) is 5.29. The van der Waals surface area contributed by atoms with Crippen LogP contribution in [-0.2, 0) is 6.54 Å². The van der Waals surface area contributed by atoms with E-state index in [4.69, 9.17) is 27.6 Å². The van der Waals surface area contributed by atoms with Gasteiger partial charge in [0, 0.05) is 16.1 Å². The number of benzene rings is 2. The fourth-order valence-electron chi connectivity index (χ4n) is 2.29. The Bertz CT molecular complexity index is 851. The van der Waals surface area contributed by atoms with Gasteiger partial charge in [0.05, 0.1) is 12.1 Å². The van der Waals surface area contributed by atoms with Gasteiger partial charge in [-0.2, -0.15) is 0 Å². The Morgan fingerprint density at radius 1 is 1.17 bits per heavy atom. The highest BCUT2D eigenvalue weighted by Crippen LogP contribution is 2.28. The lowest BCUT2D eigenvalue weighted by Gasteiger charge is -2.14. The van der Waals surface area contributed by atoms with Gasteiger partial charge < -0.3 is 14.8 Å². The summed E-state index contributed by atoms with van der Waals surface area (Å²) in [6.07, 6.45) is 0. The van der Waals surface area contributed by atoms with Crippen LogP contribution in [0.1, 0.15) is 24.4 Å². The Kier molecular flexibility index (Phi) is 5.04. The average molecular weight is 364 g/mol. The van der Waals surface area contributed by atoms with E-state index < -0.39 is 0 Å². The second kappa shape index (κ2) is 7.21. The number of aromatic nitrogens is 2. The summed E-state index contributed by atoms with van der Waals surface area (Å²) in [4.78, 5) is 0. The molecular weight excluding hydrogens is 349 g/mol. The highest BCUT2D eigenvalue weighted by atomic mass is 35.5. The van der Waals surface area contributed by atoms with Crippen LogP contribution in [0.2, 0.25) is 10.0 Å². The highest BCUT2D eigenvalue weighted by molar-refractivity contribution is 6.35. The summed E-state index contributed by atoms with van der Waals surface area (Å²) in [5.41, 5.74) is 1.44. The van der Waals surface area contributed by atoms with Crippen LogP contribution in [0.3, 0.4) is 0 Å². The number of rotatable bonds is 5. The zero-order valence-corrected chi connectivity index (χ0v) is 14.3. The van der Waals surface area contributed by atoms with Gasteiger partial charge in [0.25, 0.3) is 5.89 Å². The van der Waals surface area contributed by atoms with Crippen LogP contribution >= 0.6 is 23.2 Å². The zero-order chi connectivity index (χ0) is 17.1. The molecule has 0 aliphatic carbocycles. The van der Waals surface area contributed by atoms with E-state index in [1.165, 1.54) is 0 Å². The molecule has 0 amide bonds. The van der Waals surface area contributed by atoms with Crippen LogP contribution in [0.4, 0.5) is 0 Å². The maximum absolute atomic E-state index is 9.82. The maximum Gasteiger partial charge on any atom is 0.251 e. The molecule has 2 aromatic carbocycles. The van der Waals surface area contributed by atoms with Gasteiger partial charge in [0.1, 0.15) is 5.75 Å². The third kappa shape index (κ3) is 3.70. The summed E-state index contributed by atoms with van der Waals surface area (Å²) in [6, 6.07) is 12.2. The van der Waals surface area contributed by atoms with Crippen molar-refractivity contribution in [2.75, 3.05) is 0 Å². The van der Waals surface area contributed by atoms with Crippen molar-refractivity contribution in [2.24, 2.45) is 0 Å². The van der Waals surface area contributed by atoms with E-state index in [1.807, 2.05) is 13.0 Å². The lowest BCUT2D eigenvalue weighted by atomic mass is 10.1.